The van der Waals surface area contributed by atoms with E-state index in [1.807, 2.05) is 12.1 Å². The van der Waals surface area contributed by atoms with E-state index >= 15 is 0 Å². The van der Waals surface area contributed by atoms with Gasteiger partial charge in [-0.2, -0.15) is 0 Å². The molecule has 2 aliphatic heterocycles. The molecule has 2 aromatic carbocycles. The quantitative estimate of drug-likeness (QED) is 0.484. The number of methoxy groups -OCH3 is 1. The molecule has 4 rings (SSSR count). The maximum Gasteiger partial charge on any atom is 0.264 e. The first-order chi connectivity index (χ1) is 15.9. The fourth-order valence-electron chi connectivity index (χ4n) is 4.08. The lowest BCUT2D eigenvalue weighted by Gasteiger charge is -2.23. The van der Waals surface area contributed by atoms with Crippen molar-refractivity contribution in [3.05, 3.63) is 42.5 Å². The van der Waals surface area contributed by atoms with Gasteiger partial charge in [0.2, 0.25) is 0 Å². The Hall–Kier alpha value is -2.56. The molecule has 0 saturated carbocycles. The van der Waals surface area contributed by atoms with Gasteiger partial charge in [0.25, 0.3) is 10.0 Å². The summed E-state index contributed by atoms with van der Waals surface area (Å²) in [6.07, 6.45) is 4.32. The van der Waals surface area contributed by atoms with Gasteiger partial charge in [0.15, 0.2) is 5.11 Å². The minimum atomic E-state index is -3.84. The van der Waals surface area contributed by atoms with E-state index in [2.05, 4.69) is 20.3 Å². The average Bonchev–Trinajstić information content (AvgIpc) is 3.52. The molecule has 3 N–H and O–H groups in total. The predicted octanol–water partition coefficient (Wildman–Crippen LogP) is 3.56. The Morgan fingerprint density at radius 1 is 1.12 bits per heavy atom. The van der Waals surface area contributed by atoms with Crippen molar-refractivity contribution < 1.29 is 17.9 Å². The molecular formula is C23H30N4O4S2. The van der Waals surface area contributed by atoms with Gasteiger partial charge in [-0.25, -0.2) is 8.42 Å². The molecule has 178 valence electrons. The van der Waals surface area contributed by atoms with Gasteiger partial charge in [-0.3, -0.25) is 4.72 Å². The molecule has 1 unspecified atom stereocenters. The van der Waals surface area contributed by atoms with Crippen molar-refractivity contribution in [1.82, 2.24) is 5.32 Å². The molecule has 0 radical (unpaired) electrons. The number of benzene rings is 2. The Labute approximate surface area is 200 Å². The highest BCUT2D eigenvalue weighted by molar-refractivity contribution is 7.93. The lowest BCUT2D eigenvalue weighted by molar-refractivity contribution is 0.114. The zero-order valence-corrected chi connectivity index (χ0v) is 20.3. The van der Waals surface area contributed by atoms with E-state index in [4.69, 9.17) is 21.7 Å². The van der Waals surface area contributed by atoms with Gasteiger partial charge in [0.05, 0.1) is 18.9 Å². The molecule has 0 aliphatic carbocycles. The van der Waals surface area contributed by atoms with E-state index in [-0.39, 0.29) is 11.0 Å². The first kappa shape index (κ1) is 23.6. The molecule has 0 bridgehead atoms. The summed E-state index contributed by atoms with van der Waals surface area (Å²) < 4.78 is 40.3. The third-order valence-electron chi connectivity index (χ3n) is 5.81. The highest BCUT2D eigenvalue weighted by atomic mass is 32.2. The Bertz CT molecular complexity index is 1060. The number of hydrogen-bond acceptors (Lipinski definition) is 6. The molecule has 2 aromatic rings. The topological polar surface area (TPSA) is 91.9 Å². The van der Waals surface area contributed by atoms with Gasteiger partial charge in [-0.1, -0.05) is 0 Å². The van der Waals surface area contributed by atoms with Crippen LogP contribution < -0.4 is 25.0 Å². The average molecular weight is 491 g/mol. The smallest absolute Gasteiger partial charge is 0.264 e. The minimum Gasteiger partial charge on any atom is -0.497 e. The fourth-order valence-corrected chi connectivity index (χ4v) is 5.59. The zero-order chi connectivity index (χ0) is 23.3. The molecule has 10 heteroatoms. The van der Waals surface area contributed by atoms with Crippen LogP contribution in [0.2, 0.25) is 0 Å². The van der Waals surface area contributed by atoms with Gasteiger partial charge >= 0.3 is 0 Å². The number of nitrogens with zero attached hydrogens (tertiary/aromatic N) is 1. The number of anilines is 3. The van der Waals surface area contributed by atoms with Crippen LogP contribution in [0.25, 0.3) is 0 Å². The minimum absolute atomic E-state index is 0.159. The maximum absolute atomic E-state index is 13.4. The number of sulfonamides is 1. The van der Waals surface area contributed by atoms with E-state index in [1.165, 1.54) is 0 Å². The lowest BCUT2D eigenvalue weighted by atomic mass is 10.2. The third-order valence-corrected chi connectivity index (χ3v) is 7.47. The van der Waals surface area contributed by atoms with Crippen LogP contribution in [-0.4, -0.2) is 53.0 Å². The fraction of sp³-hybridized carbons (Fsp3) is 0.435. The molecule has 2 saturated heterocycles. The molecule has 33 heavy (non-hydrogen) atoms. The first-order valence-corrected chi connectivity index (χ1v) is 13.1. The molecule has 2 aliphatic rings. The highest BCUT2D eigenvalue weighted by Crippen LogP contribution is 2.32. The number of ether oxygens (including phenoxy) is 2. The molecule has 2 fully saturated rings. The van der Waals surface area contributed by atoms with Crippen LogP contribution in [0.1, 0.15) is 25.7 Å². The number of hydrogen-bond donors (Lipinski definition) is 3. The Kier molecular flexibility index (Phi) is 7.56. The predicted molar refractivity (Wildman–Crippen MR) is 135 cm³/mol. The van der Waals surface area contributed by atoms with Crippen LogP contribution in [0.3, 0.4) is 0 Å². The van der Waals surface area contributed by atoms with Crippen LogP contribution >= 0.6 is 12.2 Å². The number of nitrogens with one attached hydrogen (secondary N) is 3. The van der Waals surface area contributed by atoms with E-state index < -0.39 is 10.0 Å². The van der Waals surface area contributed by atoms with E-state index in [1.54, 1.807) is 37.4 Å². The second-order valence-corrected chi connectivity index (χ2v) is 10.2. The molecule has 1 atom stereocenters. The second-order valence-electron chi connectivity index (χ2n) is 8.18. The van der Waals surface area contributed by atoms with Gasteiger partial charge in [0.1, 0.15) is 10.6 Å². The van der Waals surface area contributed by atoms with Gasteiger partial charge < -0.3 is 25.0 Å². The Balaban J connectivity index is 1.54. The molecule has 0 spiro atoms. The van der Waals surface area contributed by atoms with E-state index in [0.717, 1.165) is 45.4 Å². The summed E-state index contributed by atoms with van der Waals surface area (Å²) in [5, 5.41) is 6.71. The van der Waals surface area contributed by atoms with Crippen molar-refractivity contribution in [2.24, 2.45) is 0 Å². The van der Waals surface area contributed by atoms with Crippen molar-refractivity contribution in [1.29, 1.82) is 0 Å². The van der Waals surface area contributed by atoms with Crippen molar-refractivity contribution in [2.75, 3.05) is 48.3 Å². The van der Waals surface area contributed by atoms with Crippen molar-refractivity contribution in [3.8, 4) is 5.75 Å². The van der Waals surface area contributed by atoms with Crippen LogP contribution in [-0.2, 0) is 14.8 Å². The normalized spacial score (nSPS) is 18.2. The first-order valence-electron chi connectivity index (χ1n) is 11.2. The summed E-state index contributed by atoms with van der Waals surface area (Å²) in [5.41, 5.74) is 1.77. The van der Waals surface area contributed by atoms with E-state index in [9.17, 15) is 8.42 Å². The Morgan fingerprint density at radius 3 is 2.52 bits per heavy atom. The van der Waals surface area contributed by atoms with Crippen LogP contribution in [0.15, 0.2) is 47.4 Å². The molecular weight excluding hydrogens is 460 g/mol. The molecule has 2 heterocycles. The SMILES string of the molecule is COc1ccc(NS(=O)(=O)c2cc(NC(=S)NCC3CCCO3)ccc2N2CCCC2)cc1. The lowest BCUT2D eigenvalue weighted by Crippen LogP contribution is -2.34. The van der Waals surface area contributed by atoms with E-state index in [0.29, 0.717) is 34.5 Å². The highest BCUT2D eigenvalue weighted by Gasteiger charge is 2.25. The van der Waals surface area contributed by atoms with Crippen molar-refractivity contribution >= 4 is 44.4 Å². The molecule has 0 aromatic heterocycles. The zero-order valence-electron chi connectivity index (χ0n) is 18.7. The Morgan fingerprint density at radius 2 is 1.85 bits per heavy atom. The molecule has 8 nitrogen and oxygen atoms in total. The maximum atomic E-state index is 13.4. The summed E-state index contributed by atoms with van der Waals surface area (Å²) in [6.45, 7) is 3.08. The van der Waals surface area contributed by atoms with Crippen LogP contribution in [0, 0.1) is 0 Å². The number of thiocarbonyl (C=S) groups is 1. The van der Waals surface area contributed by atoms with Crippen molar-refractivity contribution in [3.63, 3.8) is 0 Å². The van der Waals surface area contributed by atoms with Gasteiger partial charge in [-0.05, 0) is 80.4 Å². The van der Waals surface area contributed by atoms with Gasteiger partial charge in [-0.15, -0.1) is 0 Å². The standard InChI is InChI=1S/C23H30N4O4S2/c1-30-19-9-6-17(7-10-19)26-33(28,29)22-15-18(8-11-21(22)27-12-2-3-13-27)25-23(32)24-16-20-5-4-14-31-20/h6-11,15,20,26H,2-5,12-14,16H2,1H3,(H2,24,25,32). The largest absolute Gasteiger partial charge is 0.497 e. The third kappa shape index (κ3) is 6.07. The van der Waals surface area contributed by atoms with Crippen molar-refractivity contribution in [2.45, 2.75) is 36.7 Å². The summed E-state index contributed by atoms with van der Waals surface area (Å²) in [6, 6.07) is 12.1. The summed E-state index contributed by atoms with van der Waals surface area (Å²) >= 11 is 5.41. The van der Waals surface area contributed by atoms with Crippen LogP contribution in [0.5, 0.6) is 5.75 Å². The second kappa shape index (κ2) is 10.6. The summed E-state index contributed by atoms with van der Waals surface area (Å²) in [7, 11) is -2.27. The van der Waals surface area contributed by atoms with Crippen LogP contribution in [0.4, 0.5) is 17.1 Å². The summed E-state index contributed by atoms with van der Waals surface area (Å²) in [4.78, 5) is 2.33. The number of rotatable bonds is 8. The van der Waals surface area contributed by atoms with Gasteiger partial charge in [0, 0.05) is 37.6 Å². The summed E-state index contributed by atoms with van der Waals surface area (Å²) in [5.74, 6) is 0.658. The monoisotopic (exact) mass is 490 g/mol. The molecule has 0 amide bonds.